The number of anilines is 1. The van der Waals surface area contributed by atoms with Crippen molar-refractivity contribution >= 4 is 39.6 Å². The van der Waals surface area contributed by atoms with Crippen LogP contribution < -0.4 is 10.1 Å². The van der Waals surface area contributed by atoms with E-state index in [1.165, 1.54) is 13.2 Å². The van der Waals surface area contributed by atoms with Crippen LogP contribution in [0.2, 0.25) is 0 Å². The van der Waals surface area contributed by atoms with Crippen LogP contribution >= 0.6 is 15.9 Å². The number of nitriles is 1. The molecule has 0 saturated carbocycles. The van der Waals surface area contributed by atoms with Gasteiger partial charge in [-0.25, -0.2) is 4.79 Å². The molecule has 1 amide bonds. The van der Waals surface area contributed by atoms with Crippen molar-refractivity contribution < 1.29 is 19.1 Å². The largest absolute Gasteiger partial charge is 0.481 e. The molecule has 2 aromatic rings. The SMILES string of the molecule is CCc1ccc(NC(=O)/C(C#N)=C/c2cc(Br)ccc2OCC(=O)OC)cc1. The zero-order chi connectivity index (χ0) is 20.5. The lowest BCUT2D eigenvalue weighted by molar-refractivity contribution is -0.142. The van der Waals surface area contributed by atoms with Gasteiger partial charge in [-0.1, -0.05) is 35.0 Å². The quantitative estimate of drug-likeness (QED) is 0.395. The summed E-state index contributed by atoms with van der Waals surface area (Å²) >= 11 is 3.35. The van der Waals surface area contributed by atoms with Gasteiger partial charge < -0.3 is 14.8 Å². The van der Waals surface area contributed by atoms with Gasteiger partial charge in [0.15, 0.2) is 6.61 Å². The van der Waals surface area contributed by atoms with Gasteiger partial charge in [-0.3, -0.25) is 4.79 Å². The molecule has 0 aromatic heterocycles. The predicted molar refractivity (Wildman–Crippen MR) is 110 cm³/mol. The van der Waals surface area contributed by atoms with Crippen LogP contribution in [0.15, 0.2) is 52.5 Å². The highest BCUT2D eigenvalue weighted by atomic mass is 79.9. The fraction of sp³-hybridized carbons (Fsp3) is 0.190. The van der Waals surface area contributed by atoms with Gasteiger partial charge in [0.2, 0.25) is 0 Å². The maximum atomic E-state index is 12.5. The topological polar surface area (TPSA) is 88.4 Å². The third-order valence-electron chi connectivity index (χ3n) is 3.83. The minimum absolute atomic E-state index is 0.0967. The zero-order valence-corrected chi connectivity index (χ0v) is 17.1. The fourth-order valence-electron chi connectivity index (χ4n) is 2.29. The number of rotatable bonds is 7. The summed E-state index contributed by atoms with van der Waals surface area (Å²) in [6.07, 6.45) is 2.31. The van der Waals surface area contributed by atoms with E-state index in [1.54, 1.807) is 30.3 Å². The third kappa shape index (κ3) is 5.96. The number of carbonyl (C=O) groups excluding carboxylic acids is 2. The second-order valence-corrected chi connectivity index (χ2v) is 6.64. The number of ether oxygens (including phenoxy) is 2. The Labute approximate surface area is 171 Å². The van der Waals surface area contributed by atoms with E-state index in [4.69, 9.17) is 4.74 Å². The van der Waals surface area contributed by atoms with Gasteiger partial charge in [-0.2, -0.15) is 5.26 Å². The van der Waals surface area contributed by atoms with Gasteiger partial charge >= 0.3 is 5.97 Å². The van der Waals surface area contributed by atoms with E-state index < -0.39 is 11.9 Å². The second kappa shape index (κ2) is 10.3. The maximum Gasteiger partial charge on any atom is 0.343 e. The van der Waals surface area contributed by atoms with Crippen LogP contribution in [0.1, 0.15) is 18.1 Å². The lowest BCUT2D eigenvalue weighted by atomic mass is 10.1. The van der Waals surface area contributed by atoms with Crippen molar-refractivity contribution in [2.45, 2.75) is 13.3 Å². The van der Waals surface area contributed by atoms with Crippen molar-refractivity contribution in [1.82, 2.24) is 0 Å². The lowest BCUT2D eigenvalue weighted by Gasteiger charge is -2.10. The van der Waals surface area contributed by atoms with E-state index >= 15 is 0 Å². The average molecular weight is 443 g/mol. The van der Waals surface area contributed by atoms with Crippen LogP contribution in [0.4, 0.5) is 5.69 Å². The molecular formula is C21H19BrN2O4. The number of amides is 1. The minimum atomic E-state index is -0.536. The molecule has 2 rings (SSSR count). The van der Waals surface area contributed by atoms with Crippen molar-refractivity contribution in [3.63, 3.8) is 0 Å². The molecule has 0 bridgehead atoms. The summed E-state index contributed by atoms with van der Waals surface area (Å²) in [6, 6.07) is 14.4. The van der Waals surface area contributed by atoms with E-state index in [1.807, 2.05) is 25.1 Å². The zero-order valence-electron chi connectivity index (χ0n) is 15.5. The molecule has 0 heterocycles. The third-order valence-corrected chi connectivity index (χ3v) is 4.32. The predicted octanol–water partition coefficient (Wildman–Crippen LogP) is 4.11. The standard InChI is InChI=1S/C21H19BrN2O4/c1-3-14-4-7-18(8-5-14)24-21(26)16(12-23)10-15-11-17(22)6-9-19(15)28-13-20(25)27-2/h4-11H,3,13H2,1-2H3,(H,24,26)/b16-10+. The summed E-state index contributed by atoms with van der Waals surface area (Å²) in [5.74, 6) is -0.723. The number of methoxy groups -OCH3 is 1. The molecule has 0 atom stereocenters. The summed E-state index contributed by atoms with van der Waals surface area (Å²) in [4.78, 5) is 23.8. The molecular weight excluding hydrogens is 424 g/mol. The summed E-state index contributed by atoms with van der Waals surface area (Å²) in [6.45, 7) is 1.76. The number of halogens is 1. The molecule has 6 nitrogen and oxygen atoms in total. The van der Waals surface area contributed by atoms with Crippen LogP contribution in [0.3, 0.4) is 0 Å². The molecule has 0 aliphatic heterocycles. The van der Waals surface area contributed by atoms with Gasteiger partial charge in [-0.05, 0) is 48.4 Å². The first kappa shape index (κ1) is 21.2. The maximum absolute atomic E-state index is 12.5. The molecule has 0 aliphatic rings. The number of nitrogens with zero attached hydrogens (tertiary/aromatic N) is 1. The minimum Gasteiger partial charge on any atom is -0.481 e. The first-order valence-corrected chi connectivity index (χ1v) is 9.27. The Bertz CT molecular complexity index is 930. The first-order chi connectivity index (χ1) is 13.5. The van der Waals surface area contributed by atoms with Gasteiger partial charge in [0.05, 0.1) is 7.11 Å². The summed E-state index contributed by atoms with van der Waals surface area (Å²) in [5.41, 5.74) is 2.13. The molecule has 0 unspecified atom stereocenters. The molecule has 0 fully saturated rings. The molecule has 0 saturated heterocycles. The number of nitrogens with one attached hydrogen (secondary N) is 1. The van der Waals surface area contributed by atoms with E-state index in [2.05, 4.69) is 26.0 Å². The first-order valence-electron chi connectivity index (χ1n) is 8.48. The Balaban J connectivity index is 2.24. The molecule has 28 heavy (non-hydrogen) atoms. The monoisotopic (exact) mass is 442 g/mol. The van der Waals surface area contributed by atoms with Crippen molar-refractivity contribution in [2.24, 2.45) is 0 Å². The van der Waals surface area contributed by atoms with Crippen LogP contribution in [0.25, 0.3) is 6.08 Å². The molecule has 0 spiro atoms. The van der Waals surface area contributed by atoms with Gasteiger partial charge in [0, 0.05) is 15.7 Å². The van der Waals surface area contributed by atoms with Crippen molar-refractivity contribution in [3.05, 3.63) is 63.6 Å². The molecule has 0 aliphatic carbocycles. The fourth-order valence-corrected chi connectivity index (χ4v) is 2.66. The van der Waals surface area contributed by atoms with Gasteiger partial charge in [-0.15, -0.1) is 0 Å². The average Bonchev–Trinajstić information content (AvgIpc) is 2.71. The number of esters is 1. The van der Waals surface area contributed by atoms with E-state index in [0.29, 0.717) is 17.0 Å². The summed E-state index contributed by atoms with van der Waals surface area (Å²) in [7, 11) is 1.26. The van der Waals surface area contributed by atoms with Crippen LogP contribution in [0, 0.1) is 11.3 Å². The number of benzene rings is 2. The Kier molecular flexibility index (Phi) is 7.78. The van der Waals surface area contributed by atoms with Gasteiger partial charge in [0.25, 0.3) is 5.91 Å². The molecule has 0 radical (unpaired) electrons. The summed E-state index contributed by atoms with van der Waals surface area (Å²) in [5, 5.41) is 12.1. The highest BCUT2D eigenvalue weighted by Crippen LogP contribution is 2.26. The Hall–Kier alpha value is -3.11. The molecule has 2 aromatic carbocycles. The van der Waals surface area contributed by atoms with Crippen molar-refractivity contribution in [3.8, 4) is 11.8 Å². The molecule has 7 heteroatoms. The Morgan fingerprint density at radius 1 is 1.21 bits per heavy atom. The molecule has 144 valence electrons. The summed E-state index contributed by atoms with van der Waals surface area (Å²) < 4.78 is 10.7. The highest BCUT2D eigenvalue weighted by Gasteiger charge is 2.13. The lowest BCUT2D eigenvalue weighted by Crippen LogP contribution is -2.14. The van der Waals surface area contributed by atoms with Gasteiger partial charge in [0.1, 0.15) is 17.4 Å². The Morgan fingerprint density at radius 3 is 2.54 bits per heavy atom. The van der Waals surface area contributed by atoms with Crippen LogP contribution in [0.5, 0.6) is 5.75 Å². The van der Waals surface area contributed by atoms with E-state index in [0.717, 1.165) is 16.5 Å². The van der Waals surface area contributed by atoms with Crippen molar-refractivity contribution in [1.29, 1.82) is 5.26 Å². The smallest absolute Gasteiger partial charge is 0.343 e. The van der Waals surface area contributed by atoms with Crippen LogP contribution in [-0.2, 0) is 20.7 Å². The van der Waals surface area contributed by atoms with E-state index in [9.17, 15) is 14.9 Å². The number of hydrogen-bond donors (Lipinski definition) is 1. The number of hydrogen-bond acceptors (Lipinski definition) is 5. The Morgan fingerprint density at radius 2 is 1.93 bits per heavy atom. The van der Waals surface area contributed by atoms with E-state index in [-0.39, 0.29) is 12.2 Å². The van der Waals surface area contributed by atoms with Crippen molar-refractivity contribution in [2.75, 3.05) is 19.0 Å². The molecule has 1 N–H and O–H groups in total. The second-order valence-electron chi connectivity index (χ2n) is 5.72. The number of aryl methyl sites for hydroxylation is 1. The highest BCUT2D eigenvalue weighted by molar-refractivity contribution is 9.10. The normalized spacial score (nSPS) is 10.7. The number of carbonyl (C=O) groups is 2. The van der Waals surface area contributed by atoms with Crippen LogP contribution in [-0.4, -0.2) is 25.6 Å².